The first-order chi connectivity index (χ1) is 14.4. The number of rotatable bonds is 7. The molecule has 2 amide bonds. The van der Waals surface area contributed by atoms with Gasteiger partial charge < -0.3 is 20.5 Å². The van der Waals surface area contributed by atoms with Crippen molar-refractivity contribution in [2.45, 2.75) is 6.92 Å². The second kappa shape index (κ2) is 9.75. The number of benzene rings is 2. The molecule has 3 N–H and O–H groups in total. The van der Waals surface area contributed by atoms with Crippen molar-refractivity contribution in [1.82, 2.24) is 5.32 Å². The summed E-state index contributed by atoms with van der Waals surface area (Å²) in [5, 5.41) is 14.2. The predicted octanol–water partition coefficient (Wildman–Crippen LogP) is 2.66. The van der Waals surface area contributed by atoms with E-state index in [1.807, 2.05) is 31.2 Å². The van der Waals surface area contributed by atoms with Crippen LogP contribution in [0.5, 0.6) is 5.75 Å². The number of carboxylic acid groups (broad SMARTS) is 1. The molecule has 30 heavy (non-hydrogen) atoms. The van der Waals surface area contributed by atoms with Crippen molar-refractivity contribution in [2.24, 2.45) is 4.99 Å². The summed E-state index contributed by atoms with van der Waals surface area (Å²) in [5.41, 5.74) is 2.27. The van der Waals surface area contributed by atoms with E-state index in [9.17, 15) is 14.4 Å². The van der Waals surface area contributed by atoms with Crippen LogP contribution in [0.1, 0.15) is 11.1 Å². The fourth-order valence-corrected chi connectivity index (χ4v) is 3.37. The lowest BCUT2D eigenvalue weighted by Crippen LogP contribution is -2.21. The second-order valence-electron chi connectivity index (χ2n) is 6.27. The van der Waals surface area contributed by atoms with Gasteiger partial charge in [-0.15, -0.1) is 0 Å². The number of nitrogens with zero attached hydrogens (tertiary/aromatic N) is 1. The number of carbonyl (C=O) groups excluding carboxylic acids is 2. The Hall–Kier alpha value is -3.59. The summed E-state index contributed by atoms with van der Waals surface area (Å²) in [4.78, 5) is 39.1. The lowest BCUT2D eigenvalue weighted by molar-refractivity contribution is -0.135. The highest BCUT2D eigenvalue weighted by Crippen LogP contribution is 2.29. The topological polar surface area (TPSA) is 117 Å². The number of aryl methyl sites for hydroxylation is 1. The SMILES string of the molecule is Cc1ccccc1NC(=O)COc1ccccc1/C=C1\SC(=NCC(=O)O)NC1=O. The third kappa shape index (κ3) is 5.71. The van der Waals surface area contributed by atoms with Crippen LogP contribution in [0.4, 0.5) is 5.69 Å². The summed E-state index contributed by atoms with van der Waals surface area (Å²) < 4.78 is 5.66. The number of amidine groups is 1. The Bertz CT molecular complexity index is 1050. The molecular formula is C21H19N3O5S. The Balaban J connectivity index is 1.67. The van der Waals surface area contributed by atoms with E-state index >= 15 is 0 Å². The maximum Gasteiger partial charge on any atom is 0.325 e. The quantitative estimate of drug-likeness (QED) is 0.587. The summed E-state index contributed by atoms with van der Waals surface area (Å²) in [5.74, 6) is -1.33. The van der Waals surface area contributed by atoms with Crippen molar-refractivity contribution in [3.63, 3.8) is 0 Å². The van der Waals surface area contributed by atoms with Crippen LogP contribution in [0.2, 0.25) is 0 Å². The number of aliphatic carboxylic acids is 1. The van der Waals surface area contributed by atoms with Crippen molar-refractivity contribution in [1.29, 1.82) is 0 Å². The first kappa shape index (κ1) is 21.1. The van der Waals surface area contributed by atoms with E-state index in [4.69, 9.17) is 9.84 Å². The molecule has 0 bridgehead atoms. The first-order valence-electron chi connectivity index (χ1n) is 8.97. The molecule has 2 aromatic rings. The van der Waals surface area contributed by atoms with Gasteiger partial charge in [-0.3, -0.25) is 19.4 Å². The van der Waals surface area contributed by atoms with Crippen LogP contribution in [0, 0.1) is 6.92 Å². The molecule has 2 aromatic carbocycles. The van der Waals surface area contributed by atoms with Crippen LogP contribution in [0.15, 0.2) is 58.4 Å². The fourth-order valence-electron chi connectivity index (χ4n) is 2.56. The average Bonchev–Trinajstić information content (AvgIpc) is 3.07. The van der Waals surface area contributed by atoms with E-state index in [0.717, 1.165) is 17.3 Å². The van der Waals surface area contributed by atoms with Gasteiger partial charge in [0.05, 0.1) is 4.91 Å². The monoisotopic (exact) mass is 425 g/mol. The number of anilines is 1. The van der Waals surface area contributed by atoms with Crippen molar-refractivity contribution in [3.8, 4) is 5.75 Å². The lowest BCUT2D eigenvalue weighted by atomic mass is 10.2. The second-order valence-corrected chi connectivity index (χ2v) is 7.30. The zero-order chi connectivity index (χ0) is 21.5. The van der Waals surface area contributed by atoms with E-state index in [-0.39, 0.29) is 23.6 Å². The van der Waals surface area contributed by atoms with Gasteiger partial charge in [0.2, 0.25) is 0 Å². The number of carboxylic acids is 1. The molecule has 9 heteroatoms. The number of thioether (sulfide) groups is 1. The van der Waals surface area contributed by atoms with Crippen molar-refractivity contribution in [2.75, 3.05) is 18.5 Å². The third-order valence-electron chi connectivity index (χ3n) is 3.99. The number of ether oxygens (including phenoxy) is 1. The predicted molar refractivity (Wildman–Crippen MR) is 115 cm³/mol. The molecule has 1 aliphatic heterocycles. The van der Waals surface area contributed by atoms with E-state index in [2.05, 4.69) is 15.6 Å². The van der Waals surface area contributed by atoms with Crippen LogP contribution >= 0.6 is 11.8 Å². The largest absolute Gasteiger partial charge is 0.483 e. The molecule has 8 nitrogen and oxygen atoms in total. The van der Waals surface area contributed by atoms with Crippen LogP contribution in [-0.2, 0) is 14.4 Å². The molecule has 1 saturated heterocycles. The molecule has 3 rings (SSSR count). The minimum absolute atomic E-state index is 0.195. The van der Waals surface area contributed by atoms with Crippen molar-refractivity contribution < 1.29 is 24.2 Å². The Morgan fingerprint density at radius 1 is 1.20 bits per heavy atom. The summed E-state index contributed by atoms with van der Waals surface area (Å²) in [6.07, 6.45) is 1.61. The molecule has 0 unspecified atom stereocenters. The number of amides is 2. The highest BCUT2D eigenvalue weighted by atomic mass is 32.2. The molecule has 1 fully saturated rings. The van der Waals surface area contributed by atoms with Gasteiger partial charge in [-0.1, -0.05) is 36.4 Å². The smallest absolute Gasteiger partial charge is 0.325 e. The third-order valence-corrected chi connectivity index (χ3v) is 4.94. The number of aliphatic imine (C=N–C) groups is 1. The minimum atomic E-state index is -1.09. The fraction of sp³-hybridized carbons (Fsp3) is 0.143. The maximum absolute atomic E-state index is 12.2. The van der Waals surface area contributed by atoms with E-state index in [1.165, 1.54) is 0 Å². The molecule has 1 aliphatic rings. The first-order valence-corrected chi connectivity index (χ1v) is 9.78. The number of hydrogen-bond acceptors (Lipinski definition) is 6. The normalized spacial score (nSPS) is 15.8. The van der Waals surface area contributed by atoms with E-state index < -0.39 is 12.5 Å². The molecular weight excluding hydrogens is 406 g/mol. The Morgan fingerprint density at radius 3 is 2.70 bits per heavy atom. The van der Waals surface area contributed by atoms with Crippen LogP contribution in [0.25, 0.3) is 6.08 Å². The van der Waals surface area contributed by atoms with Gasteiger partial charge in [0.1, 0.15) is 12.3 Å². The summed E-state index contributed by atoms with van der Waals surface area (Å²) >= 11 is 1.04. The summed E-state index contributed by atoms with van der Waals surface area (Å²) in [6, 6.07) is 14.4. The Kier molecular flexibility index (Phi) is 6.87. The molecule has 0 aliphatic carbocycles. The zero-order valence-corrected chi connectivity index (χ0v) is 16.9. The molecule has 154 valence electrons. The van der Waals surface area contributed by atoms with Gasteiger partial charge in [0, 0.05) is 11.3 Å². The van der Waals surface area contributed by atoms with Crippen LogP contribution in [-0.4, -0.2) is 41.2 Å². The molecule has 0 saturated carbocycles. The number of hydrogen-bond donors (Lipinski definition) is 3. The van der Waals surface area contributed by atoms with Gasteiger partial charge in [-0.05, 0) is 42.5 Å². The number of nitrogens with one attached hydrogen (secondary N) is 2. The molecule has 0 spiro atoms. The van der Waals surface area contributed by atoms with Crippen molar-refractivity contribution >= 4 is 46.5 Å². The van der Waals surface area contributed by atoms with Gasteiger partial charge in [0.15, 0.2) is 11.8 Å². The Morgan fingerprint density at radius 2 is 1.93 bits per heavy atom. The average molecular weight is 425 g/mol. The minimum Gasteiger partial charge on any atom is -0.483 e. The molecule has 1 heterocycles. The van der Waals surface area contributed by atoms with Crippen LogP contribution in [0.3, 0.4) is 0 Å². The number of carbonyl (C=O) groups is 3. The molecule has 0 aromatic heterocycles. The number of para-hydroxylation sites is 2. The summed E-state index contributed by atoms with van der Waals surface area (Å²) in [7, 11) is 0. The zero-order valence-electron chi connectivity index (χ0n) is 16.0. The highest BCUT2D eigenvalue weighted by Gasteiger charge is 2.24. The van der Waals surface area contributed by atoms with Gasteiger partial charge in [-0.2, -0.15) is 0 Å². The van der Waals surface area contributed by atoms with Gasteiger partial charge in [0.25, 0.3) is 11.8 Å². The summed E-state index contributed by atoms with van der Waals surface area (Å²) in [6.45, 7) is 1.28. The highest BCUT2D eigenvalue weighted by molar-refractivity contribution is 8.18. The van der Waals surface area contributed by atoms with Crippen LogP contribution < -0.4 is 15.4 Å². The van der Waals surface area contributed by atoms with Crippen molar-refractivity contribution in [3.05, 3.63) is 64.6 Å². The van der Waals surface area contributed by atoms with E-state index in [0.29, 0.717) is 21.9 Å². The van der Waals surface area contributed by atoms with Gasteiger partial charge in [-0.25, -0.2) is 0 Å². The van der Waals surface area contributed by atoms with E-state index in [1.54, 1.807) is 30.3 Å². The molecule has 0 radical (unpaired) electrons. The standard InChI is InChI=1S/C21H19N3O5S/c1-13-6-2-4-8-15(13)23-18(25)12-29-16-9-5-3-7-14(16)10-17-20(28)24-21(30-17)22-11-19(26)27/h2-10H,11-12H2,1H3,(H,23,25)(H,26,27)(H,22,24,28)/b17-10-. The van der Waals surface area contributed by atoms with Gasteiger partial charge >= 0.3 is 5.97 Å². The Labute approximate surface area is 177 Å². The maximum atomic E-state index is 12.2. The molecule has 0 atom stereocenters. The lowest BCUT2D eigenvalue weighted by Gasteiger charge is -2.11.